The van der Waals surface area contributed by atoms with E-state index in [1.807, 2.05) is 12.1 Å². The van der Waals surface area contributed by atoms with Gasteiger partial charge >= 0.3 is 0 Å². The molecule has 4 rings (SSSR count). The number of hydrogen-bond acceptors (Lipinski definition) is 5. The van der Waals surface area contributed by atoms with Crippen LogP contribution in [0, 0.1) is 11.3 Å². The van der Waals surface area contributed by atoms with E-state index in [1.54, 1.807) is 6.20 Å². The number of nitriles is 1. The number of aromatic nitrogens is 1. The summed E-state index contributed by atoms with van der Waals surface area (Å²) in [7, 11) is 0. The maximum atomic E-state index is 8.85. The fourth-order valence-corrected chi connectivity index (χ4v) is 4.43. The number of hydrogen-bond donors (Lipinski definition) is 0. The average molecular weight is 325 g/mol. The molecule has 1 aliphatic carbocycles. The zero-order chi connectivity index (χ0) is 16.4. The minimum atomic E-state index is 0.634. The molecule has 0 bridgehead atoms. The van der Waals surface area contributed by atoms with Crippen LogP contribution in [0.15, 0.2) is 18.3 Å². The molecular weight excluding hydrogens is 298 g/mol. The molecule has 1 aromatic heterocycles. The van der Waals surface area contributed by atoms with Crippen LogP contribution in [0.2, 0.25) is 0 Å². The highest BCUT2D eigenvalue weighted by molar-refractivity contribution is 5.45. The quantitative estimate of drug-likeness (QED) is 0.851. The molecule has 3 aliphatic rings. The molecule has 2 aliphatic heterocycles. The summed E-state index contributed by atoms with van der Waals surface area (Å²) in [6.45, 7) is 7.07. The predicted octanol–water partition coefficient (Wildman–Crippen LogP) is 2.09. The standard InChI is InChI=1S/C19H27N5/c20-12-16-6-7-19(21-13-16)24-14-18(15-24)23-10-8-22(9-11-23)17-4-2-1-3-5-17/h6-7,13,17-18H,1-5,8-11,14-15H2. The van der Waals surface area contributed by atoms with Gasteiger partial charge in [-0.15, -0.1) is 0 Å². The van der Waals surface area contributed by atoms with Gasteiger partial charge in [0.15, 0.2) is 0 Å². The van der Waals surface area contributed by atoms with Crippen LogP contribution in [0.4, 0.5) is 5.82 Å². The maximum Gasteiger partial charge on any atom is 0.128 e. The molecule has 5 nitrogen and oxygen atoms in total. The molecule has 5 heteroatoms. The zero-order valence-corrected chi connectivity index (χ0v) is 14.4. The Morgan fingerprint density at radius 2 is 1.58 bits per heavy atom. The SMILES string of the molecule is N#Cc1ccc(N2CC(N3CCN(C4CCCCC4)CC3)C2)nc1. The highest BCUT2D eigenvalue weighted by Crippen LogP contribution is 2.26. The summed E-state index contributed by atoms with van der Waals surface area (Å²) in [5.74, 6) is 1.01. The highest BCUT2D eigenvalue weighted by atomic mass is 15.4. The molecular formula is C19H27N5. The van der Waals surface area contributed by atoms with Gasteiger partial charge in [-0.25, -0.2) is 4.98 Å². The van der Waals surface area contributed by atoms with Gasteiger partial charge in [0.1, 0.15) is 11.9 Å². The van der Waals surface area contributed by atoms with Gasteiger partial charge in [0.2, 0.25) is 0 Å². The third kappa shape index (κ3) is 3.26. The second-order valence-corrected chi connectivity index (χ2v) is 7.44. The molecule has 1 aromatic rings. The lowest BCUT2D eigenvalue weighted by Crippen LogP contribution is -2.64. The van der Waals surface area contributed by atoms with Crippen molar-refractivity contribution in [3.63, 3.8) is 0 Å². The minimum Gasteiger partial charge on any atom is -0.353 e. The van der Waals surface area contributed by atoms with Crippen molar-refractivity contribution in [2.75, 3.05) is 44.2 Å². The summed E-state index contributed by atoms with van der Waals surface area (Å²) in [4.78, 5) is 12.1. The summed E-state index contributed by atoms with van der Waals surface area (Å²) in [5.41, 5.74) is 0.634. The van der Waals surface area contributed by atoms with Crippen molar-refractivity contribution in [3.05, 3.63) is 23.9 Å². The first kappa shape index (κ1) is 15.9. The Morgan fingerprint density at radius 1 is 0.917 bits per heavy atom. The van der Waals surface area contributed by atoms with Crippen molar-refractivity contribution in [2.45, 2.75) is 44.2 Å². The molecule has 2 saturated heterocycles. The molecule has 3 fully saturated rings. The molecule has 0 amide bonds. The van der Waals surface area contributed by atoms with Gasteiger partial charge in [-0.1, -0.05) is 19.3 Å². The van der Waals surface area contributed by atoms with Crippen molar-refractivity contribution >= 4 is 5.82 Å². The van der Waals surface area contributed by atoms with Crippen LogP contribution in [0.5, 0.6) is 0 Å². The smallest absolute Gasteiger partial charge is 0.128 e. The number of nitrogens with zero attached hydrogens (tertiary/aromatic N) is 5. The van der Waals surface area contributed by atoms with Crippen LogP contribution in [0.3, 0.4) is 0 Å². The monoisotopic (exact) mass is 325 g/mol. The van der Waals surface area contributed by atoms with E-state index in [9.17, 15) is 0 Å². The largest absolute Gasteiger partial charge is 0.353 e. The Labute approximate surface area is 144 Å². The fourth-order valence-electron chi connectivity index (χ4n) is 4.43. The lowest BCUT2D eigenvalue weighted by Gasteiger charge is -2.49. The van der Waals surface area contributed by atoms with Crippen molar-refractivity contribution < 1.29 is 0 Å². The Kier molecular flexibility index (Phi) is 4.68. The van der Waals surface area contributed by atoms with Gasteiger partial charge < -0.3 is 4.90 Å². The van der Waals surface area contributed by atoms with Gasteiger partial charge in [0.05, 0.1) is 5.56 Å². The van der Waals surface area contributed by atoms with Crippen LogP contribution in [0.25, 0.3) is 0 Å². The van der Waals surface area contributed by atoms with Gasteiger partial charge in [-0.3, -0.25) is 9.80 Å². The van der Waals surface area contributed by atoms with E-state index in [1.165, 1.54) is 58.3 Å². The summed E-state index contributed by atoms with van der Waals surface area (Å²) in [5, 5.41) is 8.85. The van der Waals surface area contributed by atoms with Gasteiger partial charge in [-0.05, 0) is 25.0 Å². The van der Waals surface area contributed by atoms with E-state index in [2.05, 4.69) is 25.8 Å². The molecule has 3 heterocycles. The van der Waals surface area contributed by atoms with E-state index in [0.29, 0.717) is 11.6 Å². The number of anilines is 1. The van der Waals surface area contributed by atoms with Gasteiger partial charge in [-0.2, -0.15) is 5.26 Å². The Hall–Kier alpha value is -1.64. The van der Waals surface area contributed by atoms with Crippen LogP contribution in [-0.2, 0) is 0 Å². The summed E-state index contributed by atoms with van der Waals surface area (Å²) in [6.07, 6.45) is 8.81. The summed E-state index contributed by atoms with van der Waals surface area (Å²) >= 11 is 0. The number of piperazine rings is 1. The normalized spacial score (nSPS) is 24.5. The predicted molar refractivity (Wildman–Crippen MR) is 95.0 cm³/mol. The summed E-state index contributed by atoms with van der Waals surface area (Å²) in [6, 6.07) is 7.49. The van der Waals surface area contributed by atoms with Gasteiger partial charge in [0, 0.05) is 57.5 Å². The highest BCUT2D eigenvalue weighted by Gasteiger charge is 2.35. The second kappa shape index (κ2) is 7.08. The molecule has 1 saturated carbocycles. The van der Waals surface area contributed by atoms with Crippen LogP contribution in [0.1, 0.15) is 37.7 Å². The molecule has 128 valence electrons. The topological polar surface area (TPSA) is 46.4 Å². The van der Waals surface area contributed by atoms with Crippen molar-refractivity contribution in [2.24, 2.45) is 0 Å². The lowest BCUT2D eigenvalue weighted by atomic mass is 9.93. The van der Waals surface area contributed by atoms with Gasteiger partial charge in [0.25, 0.3) is 0 Å². The van der Waals surface area contributed by atoms with Crippen LogP contribution >= 0.6 is 0 Å². The first-order chi connectivity index (χ1) is 11.8. The average Bonchev–Trinajstić information content (AvgIpc) is 2.62. The molecule has 0 N–H and O–H groups in total. The summed E-state index contributed by atoms with van der Waals surface area (Å²) < 4.78 is 0. The first-order valence-electron chi connectivity index (χ1n) is 9.43. The number of rotatable bonds is 3. The van der Waals surface area contributed by atoms with Crippen LogP contribution < -0.4 is 4.90 Å². The second-order valence-electron chi connectivity index (χ2n) is 7.44. The van der Waals surface area contributed by atoms with Crippen molar-refractivity contribution in [1.82, 2.24) is 14.8 Å². The van der Waals surface area contributed by atoms with E-state index in [4.69, 9.17) is 5.26 Å². The van der Waals surface area contributed by atoms with E-state index in [-0.39, 0.29) is 0 Å². The van der Waals surface area contributed by atoms with Crippen molar-refractivity contribution in [1.29, 1.82) is 5.26 Å². The molecule has 0 spiro atoms. The number of pyridine rings is 1. The maximum absolute atomic E-state index is 8.85. The van der Waals surface area contributed by atoms with Crippen LogP contribution in [-0.4, -0.2) is 66.1 Å². The minimum absolute atomic E-state index is 0.634. The van der Waals surface area contributed by atoms with E-state index >= 15 is 0 Å². The molecule has 24 heavy (non-hydrogen) atoms. The third-order valence-corrected chi connectivity index (χ3v) is 6.02. The van der Waals surface area contributed by atoms with Crippen molar-refractivity contribution in [3.8, 4) is 6.07 Å². The Balaban J connectivity index is 1.24. The molecule has 0 aromatic carbocycles. The molecule has 0 radical (unpaired) electrons. The molecule has 0 atom stereocenters. The Bertz CT molecular complexity index is 573. The molecule has 0 unspecified atom stereocenters. The third-order valence-electron chi connectivity index (χ3n) is 6.02. The first-order valence-corrected chi connectivity index (χ1v) is 9.43. The van der Waals surface area contributed by atoms with E-state index < -0.39 is 0 Å². The Morgan fingerprint density at radius 3 is 2.17 bits per heavy atom. The lowest BCUT2D eigenvalue weighted by molar-refractivity contribution is 0.0487. The zero-order valence-electron chi connectivity index (χ0n) is 14.4. The van der Waals surface area contributed by atoms with E-state index in [0.717, 1.165) is 24.9 Å². The fraction of sp³-hybridized carbons (Fsp3) is 0.684.